The molecule has 0 fully saturated rings. The first kappa shape index (κ1) is 14.0. The number of hydrogen-bond acceptors (Lipinski definition) is 1. The lowest BCUT2D eigenvalue weighted by atomic mass is 10.0. The average molecular weight is 199 g/mol. The van der Waals surface area contributed by atoms with Gasteiger partial charge in [0.25, 0.3) is 0 Å². The molecule has 1 N–H and O–H groups in total. The van der Waals surface area contributed by atoms with Crippen LogP contribution in [0.1, 0.15) is 65.2 Å². The first-order valence-corrected chi connectivity index (χ1v) is 6.14. The fraction of sp³-hybridized carbons (Fsp3) is 0.923. The molecule has 0 heterocycles. The Balaban J connectivity index is 2.92. The maximum atomic E-state index is 8.94. The van der Waals surface area contributed by atoms with Crippen LogP contribution < -0.4 is 0 Å². The monoisotopic (exact) mass is 199 g/mol. The summed E-state index contributed by atoms with van der Waals surface area (Å²) in [6.07, 6.45) is 9.73. The Morgan fingerprint density at radius 3 is 1.71 bits per heavy atom. The molecule has 1 nitrogen and oxygen atoms in total. The molecule has 85 valence electrons. The molecule has 1 radical (unpaired) electrons. The fourth-order valence-corrected chi connectivity index (χ4v) is 1.64. The van der Waals surface area contributed by atoms with Gasteiger partial charge in [0, 0.05) is 0 Å². The summed E-state index contributed by atoms with van der Waals surface area (Å²) in [4.78, 5) is 0. The van der Waals surface area contributed by atoms with E-state index in [2.05, 4.69) is 20.8 Å². The van der Waals surface area contributed by atoms with Gasteiger partial charge in [-0.1, -0.05) is 58.8 Å². The van der Waals surface area contributed by atoms with Gasteiger partial charge in [0.15, 0.2) is 0 Å². The van der Waals surface area contributed by atoms with Crippen molar-refractivity contribution in [3.63, 3.8) is 0 Å². The minimum absolute atomic E-state index is 0.351. The van der Waals surface area contributed by atoms with Crippen LogP contribution in [-0.4, -0.2) is 11.2 Å². The lowest BCUT2D eigenvalue weighted by Gasteiger charge is -2.05. The molecule has 0 rings (SSSR count). The molecule has 0 aromatic rings. The number of hydrogen-bond donors (Lipinski definition) is 1. The molecule has 1 atom stereocenters. The molecule has 0 amide bonds. The van der Waals surface area contributed by atoms with E-state index in [1.54, 1.807) is 0 Å². The van der Waals surface area contributed by atoms with Gasteiger partial charge in [-0.05, 0) is 19.3 Å². The Hall–Kier alpha value is -0.0400. The highest BCUT2D eigenvalue weighted by Gasteiger charge is 1.96. The summed E-state index contributed by atoms with van der Waals surface area (Å²) in [7, 11) is 0. The molecule has 0 bridgehead atoms. The molecule has 14 heavy (non-hydrogen) atoms. The third kappa shape index (κ3) is 12.0. The molecule has 1 unspecified atom stereocenters. The molecule has 0 spiro atoms. The van der Waals surface area contributed by atoms with E-state index >= 15 is 0 Å². The van der Waals surface area contributed by atoms with Gasteiger partial charge >= 0.3 is 0 Å². The third-order valence-electron chi connectivity index (χ3n) is 2.57. The van der Waals surface area contributed by atoms with E-state index in [1.807, 2.05) is 0 Å². The quantitative estimate of drug-likeness (QED) is 0.557. The zero-order valence-electron chi connectivity index (χ0n) is 9.97. The van der Waals surface area contributed by atoms with Crippen molar-refractivity contribution in [3.8, 4) is 0 Å². The van der Waals surface area contributed by atoms with Crippen LogP contribution in [-0.2, 0) is 0 Å². The topological polar surface area (TPSA) is 20.2 Å². The Morgan fingerprint density at radius 2 is 1.29 bits per heavy atom. The lowest BCUT2D eigenvalue weighted by molar-refractivity contribution is 0.205. The zero-order chi connectivity index (χ0) is 10.8. The maximum Gasteiger partial charge on any atom is 0.0541 e. The summed E-state index contributed by atoms with van der Waals surface area (Å²) < 4.78 is 0. The molecule has 1 heteroatoms. The van der Waals surface area contributed by atoms with Crippen molar-refractivity contribution in [1.82, 2.24) is 0 Å². The second kappa shape index (κ2) is 9.51. The van der Waals surface area contributed by atoms with Gasteiger partial charge in [0.1, 0.15) is 0 Å². The van der Waals surface area contributed by atoms with E-state index in [0.29, 0.717) is 0 Å². The lowest BCUT2D eigenvalue weighted by Crippen LogP contribution is -1.98. The summed E-state index contributed by atoms with van der Waals surface area (Å²) >= 11 is 0. The van der Waals surface area contributed by atoms with E-state index in [4.69, 9.17) is 5.11 Å². The molecule has 0 aliphatic carbocycles. The van der Waals surface area contributed by atoms with Crippen molar-refractivity contribution in [3.05, 3.63) is 6.92 Å². The van der Waals surface area contributed by atoms with Crippen LogP contribution in [0.15, 0.2) is 0 Å². The average Bonchev–Trinajstić information content (AvgIpc) is 2.08. The highest BCUT2D eigenvalue weighted by atomic mass is 16.3. The maximum absolute atomic E-state index is 8.94. The van der Waals surface area contributed by atoms with Crippen LogP contribution in [0.2, 0.25) is 0 Å². The molecule has 0 aliphatic heterocycles. The summed E-state index contributed by atoms with van der Waals surface area (Å²) in [6, 6.07) is 0. The first-order chi connectivity index (χ1) is 6.63. The van der Waals surface area contributed by atoms with Crippen LogP contribution in [0.5, 0.6) is 0 Å². The van der Waals surface area contributed by atoms with Crippen molar-refractivity contribution < 1.29 is 5.11 Å². The van der Waals surface area contributed by atoms with Gasteiger partial charge in [0.2, 0.25) is 0 Å². The second-order valence-electron chi connectivity index (χ2n) is 4.75. The third-order valence-corrected chi connectivity index (χ3v) is 2.57. The molecule has 0 aliphatic rings. The Morgan fingerprint density at radius 1 is 0.857 bits per heavy atom. The van der Waals surface area contributed by atoms with Gasteiger partial charge in [-0.15, -0.1) is 0 Å². The largest absolute Gasteiger partial charge is 0.393 e. The number of aliphatic hydroxyl groups is 1. The van der Waals surface area contributed by atoms with Gasteiger partial charge in [-0.2, -0.15) is 0 Å². The van der Waals surface area contributed by atoms with Gasteiger partial charge in [-0.25, -0.2) is 0 Å². The van der Waals surface area contributed by atoms with Crippen molar-refractivity contribution in [2.75, 3.05) is 0 Å². The SMILES string of the molecule is [CH2]C(O)CCCCCCCCC(C)C. The summed E-state index contributed by atoms with van der Waals surface area (Å²) in [5.41, 5.74) is 0. The first-order valence-electron chi connectivity index (χ1n) is 6.14. The number of unbranched alkanes of at least 4 members (excludes halogenated alkanes) is 5. The minimum Gasteiger partial charge on any atom is -0.393 e. The molecule has 0 saturated carbocycles. The van der Waals surface area contributed by atoms with Gasteiger partial charge < -0.3 is 5.11 Å². The summed E-state index contributed by atoms with van der Waals surface area (Å²) in [6.45, 7) is 8.14. The molecule has 0 aromatic carbocycles. The highest BCUT2D eigenvalue weighted by Crippen LogP contribution is 2.12. The number of rotatable bonds is 9. The molecular formula is C13H27O. The van der Waals surface area contributed by atoms with E-state index in [9.17, 15) is 0 Å². The minimum atomic E-state index is -0.351. The Bertz CT molecular complexity index is 93.8. The fourth-order valence-electron chi connectivity index (χ4n) is 1.64. The van der Waals surface area contributed by atoms with Gasteiger partial charge in [0.05, 0.1) is 6.10 Å². The molecule has 0 aromatic heterocycles. The number of aliphatic hydroxyl groups excluding tert-OH is 1. The van der Waals surface area contributed by atoms with Gasteiger partial charge in [-0.3, -0.25) is 0 Å². The van der Waals surface area contributed by atoms with Crippen LogP contribution >= 0.6 is 0 Å². The van der Waals surface area contributed by atoms with Crippen molar-refractivity contribution in [2.45, 2.75) is 71.3 Å². The second-order valence-corrected chi connectivity index (χ2v) is 4.75. The molecular weight excluding hydrogens is 172 g/mol. The van der Waals surface area contributed by atoms with Crippen molar-refractivity contribution in [2.24, 2.45) is 5.92 Å². The standard InChI is InChI=1S/C13H27O/c1-12(2)10-8-6-4-5-7-9-11-13(3)14/h12-14H,3-11H2,1-2H3. The predicted molar refractivity (Wildman–Crippen MR) is 63.1 cm³/mol. The van der Waals surface area contributed by atoms with E-state index < -0.39 is 0 Å². The smallest absolute Gasteiger partial charge is 0.0541 e. The summed E-state index contributed by atoms with van der Waals surface area (Å²) in [5, 5.41) is 8.94. The van der Waals surface area contributed by atoms with Crippen LogP contribution in [0.25, 0.3) is 0 Å². The highest BCUT2D eigenvalue weighted by molar-refractivity contribution is 4.56. The Labute approximate surface area is 89.9 Å². The normalized spacial score (nSPS) is 13.5. The Kier molecular flexibility index (Phi) is 9.49. The zero-order valence-corrected chi connectivity index (χ0v) is 9.97. The van der Waals surface area contributed by atoms with Crippen LogP contribution in [0, 0.1) is 12.8 Å². The van der Waals surface area contributed by atoms with E-state index in [1.165, 1.54) is 38.5 Å². The molecule has 0 saturated heterocycles. The van der Waals surface area contributed by atoms with Crippen LogP contribution in [0.4, 0.5) is 0 Å². The van der Waals surface area contributed by atoms with Crippen LogP contribution in [0.3, 0.4) is 0 Å². The summed E-state index contributed by atoms with van der Waals surface area (Å²) in [5.74, 6) is 0.858. The predicted octanol–water partition coefficient (Wildman–Crippen LogP) is 3.96. The van der Waals surface area contributed by atoms with Crippen molar-refractivity contribution in [1.29, 1.82) is 0 Å². The van der Waals surface area contributed by atoms with E-state index in [-0.39, 0.29) is 6.10 Å². The van der Waals surface area contributed by atoms with Crippen molar-refractivity contribution >= 4 is 0 Å². The van der Waals surface area contributed by atoms with E-state index in [0.717, 1.165) is 18.8 Å².